The van der Waals surface area contributed by atoms with Crippen LogP contribution in [0.15, 0.2) is 60.8 Å². The molecule has 1 aromatic heterocycles. The summed E-state index contributed by atoms with van der Waals surface area (Å²) in [5.74, 6) is 0.291. The zero-order valence-corrected chi connectivity index (χ0v) is 19.4. The Kier molecular flexibility index (Phi) is 7.79. The van der Waals surface area contributed by atoms with Gasteiger partial charge in [0.05, 0.1) is 12.1 Å². The van der Waals surface area contributed by atoms with Gasteiger partial charge in [-0.1, -0.05) is 41.9 Å². The first-order valence-corrected chi connectivity index (χ1v) is 11.9. The average Bonchev–Trinajstić information content (AvgIpc) is 2.82. The molecule has 0 bridgehead atoms. The van der Waals surface area contributed by atoms with Gasteiger partial charge in [0.1, 0.15) is 0 Å². The second kappa shape index (κ2) is 11.1. The average molecular weight is 465 g/mol. The smallest absolute Gasteiger partial charge is 0.239 e. The fourth-order valence-corrected chi connectivity index (χ4v) is 4.54. The molecule has 2 heterocycles. The van der Waals surface area contributed by atoms with Gasteiger partial charge in [-0.3, -0.25) is 14.6 Å². The van der Waals surface area contributed by atoms with Gasteiger partial charge in [-0.05, 0) is 55.0 Å². The fraction of sp³-hybridized carbons (Fsp3) is 0.346. The third-order valence-electron chi connectivity index (χ3n) is 6.09. The van der Waals surface area contributed by atoms with E-state index in [0.717, 1.165) is 35.9 Å². The van der Waals surface area contributed by atoms with Gasteiger partial charge in [0.25, 0.3) is 0 Å². The van der Waals surface area contributed by atoms with Crippen molar-refractivity contribution in [3.8, 4) is 0 Å². The van der Waals surface area contributed by atoms with Gasteiger partial charge in [-0.2, -0.15) is 0 Å². The summed E-state index contributed by atoms with van der Waals surface area (Å²) < 4.78 is 0. The minimum absolute atomic E-state index is 0.0122. The quantitative estimate of drug-likeness (QED) is 0.593. The number of rotatable bonds is 2. The molecule has 1 aliphatic rings. The fourth-order valence-electron chi connectivity index (χ4n) is 4.38. The van der Waals surface area contributed by atoms with Crippen molar-refractivity contribution in [1.29, 1.82) is 0 Å². The van der Waals surface area contributed by atoms with E-state index >= 15 is 0 Å². The number of hydrogen-bond donors (Lipinski definition) is 2. The number of carbonyl (C=O) groups excluding carboxylic acids is 2. The number of hydrogen-bond acceptors (Lipinski definition) is 4. The van der Waals surface area contributed by atoms with E-state index in [1.807, 2.05) is 42.5 Å². The maximum atomic E-state index is 12.9. The molecule has 2 aromatic carbocycles. The topological polar surface area (TPSA) is 74.3 Å². The number of carbonyl (C=O) groups is 2. The summed E-state index contributed by atoms with van der Waals surface area (Å²) >= 11 is 6.14. The van der Waals surface area contributed by atoms with Crippen LogP contribution in [0.4, 0.5) is 5.69 Å². The van der Waals surface area contributed by atoms with E-state index in [4.69, 9.17) is 11.6 Å². The van der Waals surface area contributed by atoms with Crippen LogP contribution in [0.3, 0.4) is 0 Å². The number of pyridine rings is 1. The number of aromatic nitrogens is 1. The molecular weight excluding hydrogens is 436 g/mol. The molecule has 2 amide bonds. The van der Waals surface area contributed by atoms with Crippen LogP contribution in [0.2, 0.25) is 5.02 Å². The van der Waals surface area contributed by atoms with Crippen molar-refractivity contribution >= 4 is 40.0 Å². The lowest BCUT2D eigenvalue weighted by molar-refractivity contribution is -0.122. The maximum Gasteiger partial charge on any atom is 0.239 e. The monoisotopic (exact) mass is 464 g/mol. The Labute approximate surface area is 199 Å². The number of anilines is 1. The van der Waals surface area contributed by atoms with Crippen LogP contribution in [-0.4, -0.2) is 43.0 Å². The van der Waals surface area contributed by atoms with Crippen LogP contribution in [0.1, 0.15) is 37.2 Å². The number of benzene rings is 2. The summed E-state index contributed by atoms with van der Waals surface area (Å²) in [5, 5.41) is 7.70. The predicted molar refractivity (Wildman–Crippen MR) is 133 cm³/mol. The van der Waals surface area contributed by atoms with Gasteiger partial charge in [0.15, 0.2) is 0 Å². The third-order valence-corrected chi connectivity index (χ3v) is 6.32. The van der Waals surface area contributed by atoms with Gasteiger partial charge < -0.3 is 15.5 Å². The molecule has 172 valence electrons. The van der Waals surface area contributed by atoms with Crippen LogP contribution in [0, 0.1) is 0 Å². The number of nitrogens with one attached hydrogen (secondary N) is 2. The normalized spacial score (nSPS) is 18.9. The molecule has 0 spiro atoms. The van der Waals surface area contributed by atoms with Gasteiger partial charge in [-0.25, -0.2) is 0 Å². The van der Waals surface area contributed by atoms with Gasteiger partial charge in [-0.15, -0.1) is 0 Å². The Morgan fingerprint density at radius 1 is 0.939 bits per heavy atom. The molecule has 3 aromatic rings. The van der Waals surface area contributed by atoms with Gasteiger partial charge in [0, 0.05) is 48.3 Å². The highest BCUT2D eigenvalue weighted by molar-refractivity contribution is 6.31. The number of amides is 2. The second-order valence-corrected chi connectivity index (χ2v) is 8.84. The van der Waals surface area contributed by atoms with Crippen molar-refractivity contribution in [2.75, 3.05) is 31.1 Å². The molecule has 7 heteroatoms. The van der Waals surface area contributed by atoms with Crippen molar-refractivity contribution in [3.05, 3.63) is 71.4 Å². The van der Waals surface area contributed by atoms with Crippen molar-refractivity contribution in [2.45, 2.75) is 31.6 Å². The standard InChI is InChI=1S/C26H29ClN4O2/c27-21-8-9-22-23(17-21)28-15-12-24(22)31-16-4-13-29-25(32)10-7-20(11-14-30-26(33)18-31)19-5-2-1-3-6-19/h1-3,5-6,8-9,12,15,17,20H,4,7,10-11,13-14,16,18H2,(H,29,32)(H,30,33). The van der Waals surface area contributed by atoms with Crippen LogP contribution < -0.4 is 15.5 Å². The Morgan fingerprint density at radius 2 is 1.76 bits per heavy atom. The lowest BCUT2D eigenvalue weighted by Crippen LogP contribution is -2.40. The highest BCUT2D eigenvalue weighted by Gasteiger charge is 2.18. The lowest BCUT2D eigenvalue weighted by atomic mass is 9.91. The first kappa shape index (κ1) is 23.1. The summed E-state index contributed by atoms with van der Waals surface area (Å²) in [6, 6.07) is 17.7. The molecular formula is C26H29ClN4O2. The van der Waals surface area contributed by atoms with Gasteiger partial charge in [0.2, 0.25) is 11.8 Å². The van der Waals surface area contributed by atoms with Crippen LogP contribution >= 0.6 is 11.6 Å². The van der Waals surface area contributed by atoms with Gasteiger partial charge >= 0.3 is 0 Å². The molecule has 4 rings (SSSR count). The summed E-state index contributed by atoms with van der Waals surface area (Å²) in [4.78, 5) is 31.8. The zero-order chi connectivity index (χ0) is 23.0. The molecule has 0 aliphatic carbocycles. The van der Waals surface area contributed by atoms with E-state index in [9.17, 15) is 9.59 Å². The van der Waals surface area contributed by atoms with Crippen LogP contribution in [-0.2, 0) is 9.59 Å². The van der Waals surface area contributed by atoms with E-state index in [0.29, 0.717) is 31.1 Å². The number of halogens is 1. The number of nitrogens with zero attached hydrogens (tertiary/aromatic N) is 2. The minimum atomic E-state index is -0.0122. The molecule has 0 saturated carbocycles. The summed E-state index contributed by atoms with van der Waals surface area (Å²) in [5.41, 5.74) is 2.93. The maximum absolute atomic E-state index is 12.9. The molecule has 1 unspecified atom stereocenters. The molecule has 1 atom stereocenters. The molecule has 1 fully saturated rings. The largest absolute Gasteiger partial charge is 0.362 e. The summed E-state index contributed by atoms with van der Waals surface area (Å²) in [7, 11) is 0. The summed E-state index contributed by atoms with van der Waals surface area (Å²) in [6.45, 7) is 2.02. The Morgan fingerprint density at radius 3 is 2.61 bits per heavy atom. The molecule has 2 N–H and O–H groups in total. The van der Waals surface area contributed by atoms with Crippen LogP contribution in [0.25, 0.3) is 10.9 Å². The summed E-state index contributed by atoms with van der Waals surface area (Å²) in [6.07, 6.45) is 4.51. The van der Waals surface area contributed by atoms with Crippen molar-refractivity contribution < 1.29 is 9.59 Å². The minimum Gasteiger partial charge on any atom is -0.362 e. The second-order valence-electron chi connectivity index (χ2n) is 8.40. The first-order chi connectivity index (χ1) is 16.1. The molecule has 0 radical (unpaired) electrons. The van der Waals surface area contributed by atoms with E-state index in [1.54, 1.807) is 6.20 Å². The van der Waals surface area contributed by atoms with Crippen molar-refractivity contribution in [1.82, 2.24) is 15.6 Å². The first-order valence-electron chi connectivity index (χ1n) is 11.5. The Hall–Kier alpha value is -3.12. The highest BCUT2D eigenvalue weighted by Crippen LogP contribution is 2.28. The highest BCUT2D eigenvalue weighted by atomic mass is 35.5. The zero-order valence-electron chi connectivity index (χ0n) is 18.6. The number of fused-ring (bicyclic) bond motifs is 1. The van der Waals surface area contributed by atoms with E-state index < -0.39 is 0 Å². The van der Waals surface area contributed by atoms with Crippen molar-refractivity contribution in [2.24, 2.45) is 0 Å². The predicted octanol–water partition coefficient (Wildman–Crippen LogP) is 4.28. The van der Waals surface area contributed by atoms with E-state index in [1.165, 1.54) is 5.56 Å². The molecule has 1 aliphatic heterocycles. The molecule has 1 saturated heterocycles. The molecule has 6 nitrogen and oxygen atoms in total. The lowest BCUT2D eigenvalue weighted by Gasteiger charge is -2.26. The SMILES string of the molecule is O=C1CCC(c2ccccc2)CCNC(=O)CN(c2ccnc3cc(Cl)ccc23)CCCN1. The van der Waals surface area contributed by atoms with Crippen molar-refractivity contribution in [3.63, 3.8) is 0 Å². The van der Waals surface area contributed by atoms with Crippen LogP contribution in [0.5, 0.6) is 0 Å². The Bertz CT molecular complexity index is 1110. The molecule has 33 heavy (non-hydrogen) atoms. The Balaban J connectivity index is 1.52. The third kappa shape index (κ3) is 6.23. The van der Waals surface area contributed by atoms with E-state index in [2.05, 4.69) is 32.7 Å². The van der Waals surface area contributed by atoms with E-state index in [-0.39, 0.29) is 24.3 Å².